The third kappa shape index (κ3) is 3.82. The van der Waals surface area contributed by atoms with Gasteiger partial charge in [-0.15, -0.1) is 0 Å². The number of hydrogen-bond acceptors (Lipinski definition) is 4. The Kier molecular flexibility index (Phi) is 4.13. The average molecular weight is 257 g/mol. The molecule has 102 valence electrons. The van der Waals surface area contributed by atoms with Crippen molar-refractivity contribution in [1.82, 2.24) is 5.32 Å². The molecule has 0 bridgehead atoms. The molecular formula is C12H19NO5. The molecule has 0 aromatic heterocycles. The van der Waals surface area contributed by atoms with Crippen molar-refractivity contribution in [3.05, 3.63) is 12.3 Å². The van der Waals surface area contributed by atoms with Crippen LogP contribution < -0.4 is 5.32 Å². The molecule has 0 unspecified atom stereocenters. The lowest BCUT2D eigenvalue weighted by molar-refractivity contribution is -0.303. The summed E-state index contributed by atoms with van der Waals surface area (Å²) in [5.41, 5.74) is -0.476. The van der Waals surface area contributed by atoms with Crippen LogP contribution in [0.4, 0.5) is 0 Å². The third-order valence-corrected chi connectivity index (χ3v) is 2.59. The monoisotopic (exact) mass is 257 g/mol. The summed E-state index contributed by atoms with van der Waals surface area (Å²) in [6.45, 7) is 7.56. The van der Waals surface area contributed by atoms with Crippen molar-refractivity contribution in [3.8, 4) is 0 Å². The van der Waals surface area contributed by atoms with E-state index in [4.69, 9.17) is 14.6 Å². The van der Waals surface area contributed by atoms with E-state index >= 15 is 0 Å². The first-order chi connectivity index (χ1) is 8.14. The summed E-state index contributed by atoms with van der Waals surface area (Å²) in [6.07, 6.45) is 1.25. The molecular weight excluding hydrogens is 238 g/mol. The number of aliphatic carboxylic acids is 1. The SMILES string of the molecule is CC1(C)OCC(C)(C)[C@H](C(=O)N/C=C/C(=O)O)O1. The number of carboxylic acids is 1. The van der Waals surface area contributed by atoms with Crippen molar-refractivity contribution < 1.29 is 24.2 Å². The van der Waals surface area contributed by atoms with Crippen molar-refractivity contribution in [2.75, 3.05) is 6.61 Å². The fraction of sp³-hybridized carbons (Fsp3) is 0.667. The minimum atomic E-state index is -1.12. The molecule has 2 N–H and O–H groups in total. The summed E-state index contributed by atoms with van der Waals surface area (Å²) < 4.78 is 11.1. The topological polar surface area (TPSA) is 84.9 Å². The van der Waals surface area contributed by atoms with Gasteiger partial charge in [0.15, 0.2) is 5.79 Å². The largest absolute Gasteiger partial charge is 0.478 e. The number of hydrogen-bond donors (Lipinski definition) is 2. The Balaban J connectivity index is 2.72. The molecule has 6 nitrogen and oxygen atoms in total. The summed E-state index contributed by atoms with van der Waals surface area (Å²) in [7, 11) is 0. The van der Waals surface area contributed by atoms with E-state index in [1.165, 1.54) is 0 Å². The van der Waals surface area contributed by atoms with Crippen LogP contribution in [0.3, 0.4) is 0 Å². The number of carbonyl (C=O) groups excluding carboxylic acids is 1. The predicted octanol–water partition coefficient (Wildman–Crippen LogP) is 0.879. The molecule has 0 spiro atoms. The summed E-state index contributed by atoms with van der Waals surface area (Å²) >= 11 is 0. The van der Waals surface area contributed by atoms with Gasteiger partial charge in [-0.25, -0.2) is 4.79 Å². The third-order valence-electron chi connectivity index (χ3n) is 2.59. The van der Waals surface area contributed by atoms with Gasteiger partial charge in [0.25, 0.3) is 5.91 Å². The Morgan fingerprint density at radius 1 is 1.33 bits per heavy atom. The lowest BCUT2D eigenvalue weighted by atomic mass is 9.85. The van der Waals surface area contributed by atoms with Crippen LogP contribution in [0, 0.1) is 5.41 Å². The minimum Gasteiger partial charge on any atom is -0.478 e. The zero-order chi connectivity index (χ0) is 14.0. The molecule has 1 aliphatic heterocycles. The smallest absolute Gasteiger partial charge is 0.329 e. The Morgan fingerprint density at radius 2 is 1.94 bits per heavy atom. The lowest BCUT2D eigenvalue weighted by Gasteiger charge is -2.44. The number of carboxylic acid groups (broad SMARTS) is 1. The van der Waals surface area contributed by atoms with Gasteiger partial charge < -0.3 is 19.9 Å². The maximum absolute atomic E-state index is 11.9. The Labute approximate surface area is 106 Å². The van der Waals surface area contributed by atoms with Crippen LogP contribution in [0.2, 0.25) is 0 Å². The molecule has 1 fully saturated rings. The normalized spacial score (nSPS) is 25.9. The van der Waals surface area contributed by atoms with Crippen molar-refractivity contribution in [2.24, 2.45) is 5.41 Å². The van der Waals surface area contributed by atoms with E-state index in [9.17, 15) is 9.59 Å². The highest BCUT2D eigenvalue weighted by Gasteiger charge is 2.45. The fourth-order valence-electron chi connectivity index (χ4n) is 1.59. The summed E-state index contributed by atoms with van der Waals surface area (Å²) in [5, 5.41) is 10.8. The molecule has 1 heterocycles. The molecule has 18 heavy (non-hydrogen) atoms. The summed E-state index contributed by atoms with van der Waals surface area (Å²) in [5.74, 6) is -2.33. The number of ether oxygens (including phenoxy) is 2. The van der Waals surface area contributed by atoms with E-state index in [-0.39, 0.29) is 5.91 Å². The predicted molar refractivity (Wildman–Crippen MR) is 63.6 cm³/mol. The molecule has 0 saturated carbocycles. The van der Waals surface area contributed by atoms with Crippen LogP contribution in [0.5, 0.6) is 0 Å². The zero-order valence-electron chi connectivity index (χ0n) is 11.0. The molecule has 0 radical (unpaired) electrons. The second-order valence-electron chi connectivity index (χ2n) is 5.36. The van der Waals surface area contributed by atoms with Crippen molar-refractivity contribution >= 4 is 11.9 Å². The molecule has 1 saturated heterocycles. The fourth-order valence-corrected chi connectivity index (χ4v) is 1.59. The quantitative estimate of drug-likeness (QED) is 0.733. The van der Waals surface area contributed by atoms with Gasteiger partial charge in [-0.05, 0) is 13.8 Å². The van der Waals surface area contributed by atoms with Crippen LogP contribution >= 0.6 is 0 Å². The van der Waals surface area contributed by atoms with Crippen molar-refractivity contribution in [2.45, 2.75) is 39.6 Å². The standard InChI is InChI=1S/C12H19NO5/c1-11(2)7-17-12(3,4)18-9(11)10(16)13-6-5-8(14)15/h5-6,9H,7H2,1-4H3,(H,13,16)(H,14,15)/b6-5+/t9-/m0/s1. The van der Waals surface area contributed by atoms with Crippen LogP contribution in [0.15, 0.2) is 12.3 Å². The van der Waals surface area contributed by atoms with Gasteiger partial charge in [0.1, 0.15) is 6.10 Å². The number of rotatable bonds is 3. The van der Waals surface area contributed by atoms with Crippen molar-refractivity contribution in [3.63, 3.8) is 0 Å². The van der Waals surface area contributed by atoms with Gasteiger partial charge in [0.2, 0.25) is 0 Å². The Bertz CT molecular complexity index is 373. The molecule has 6 heteroatoms. The van der Waals surface area contributed by atoms with E-state index < -0.39 is 23.3 Å². The molecule has 0 aromatic rings. The highest BCUT2D eigenvalue weighted by Crippen LogP contribution is 2.34. The second kappa shape index (κ2) is 5.07. The van der Waals surface area contributed by atoms with Crippen molar-refractivity contribution in [1.29, 1.82) is 0 Å². The summed E-state index contributed by atoms with van der Waals surface area (Å²) in [4.78, 5) is 22.2. The van der Waals surface area contributed by atoms with Crippen LogP contribution in [-0.2, 0) is 19.1 Å². The molecule has 1 atom stereocenters. The Hall–Kier alpha value is -1.40. The van der Waals surface area contributed by atoms with E-state index in [2.05, 4.69) is 5.32 Å². The second-order valence-corrected chi connectivity index (χ2v) is 5.36. The van der Waals surface area contributed by atoms with E-state index in [0.29, 0.717) is 6.61 Å². The van der Waals surface area contributed by atoms with Crippen LogP contribution in [0.1, 0.15) is 27.7 Å². The number of amides is 1. The molecule has 0 aliphatic carbocycles. The molecule has 1 aliphatic rings. The maximum atomic E-state index is 11.9. The summed E-state index contributed by atoms with van der Waals surface area (Å²) in [6, 6.07) is 0. The highest BCUT2D eigenvalue weighted by molar-refractivity contribution is 5.85. The maximum Gasteiger partial charge on any atom is 0.329 e. The van der Waals surface area contributed by atoms with Crippen LogP contribution in [-0.4, -0.2) is 35.5 Å². The molecule has 0 aromatic carbocycles. The number of nitrogens with one attached hydrogen (secondary N) is 1. The first kappa shape index (κ1) is 14.7. The zero-order valence-corrected chi connectivity index (χ0v) is 11.0. The van der Waals surface area contributed by atoms with Gasteiger partial charge in [-0.2, -0.15) is 0 Å². The first-order valence-corrected chi connectivity index (χ1v) is 5.66. The van der Waals surface area contributed by atoms with E-state index in [0.717, 1.165) is 12.3 Å². The van der Waals surface area contributed by atoms with Gasteiger partial charge in [0.05, 0.1) is 6.61 Å². The van der Waals surface area contributed by atoms with Gasteiger partial charge in [-0.1, -0.05) is 13.8 Å². The molecule has 1 amide bonds. The van der Waals surface area contributed by atoms with Gasteiger partial charge in [0, 0.05) is 17.7 Å². The Morgan fingerprint density at radius 3 is 2.50 bits per heavy atom. The highest BCUT2D eigenvalue weighted by atomic mass is 16.7. The first-order valence-electron chi connectivity index (χ1n) is 5.66. The van der Waals surface area contributed by atoms with E-state index in [1.807, 2.05) is 13.8 Å². The van der Waals surface area contributed by atoms with Gasteiger partial charge in [-0.3, -0.25) is 4.79 Å². The van der Waals surface area contributed by atoms with Gasteiger partial charge >= 0.3 is 5.97 Å². The van der Waals surface area contributed by atoms with E-state index in [1.54, 1.807) is 13.8 Å². The number of carbonyl (C=O) groups is 2. The van der Waals surface area contributed by atoms with Crippen LogP contribution in [0.25, 0.3) is 0 Å². The molecule has 1 rings (SSSR count). The average Bonchev–Trinajstić information content (AvgIpc) is 2.21. The minimum absolute atomic E-state index is 0.381. The lowest BCUT2D eigenvalue weighted by Crippen LogP contribution is -2.55.